The molecule has 0 radical (unpaired) electrons. The monoisotopic (exact) mass is 428 g/mol. The summed E-state index contributed by atoms with van der Waals surface area (Å²) in [5.74, 6) is 2.16. The van der Waals surface area contributed by atoms with E-state index in [0.717, 1.165) is 40.4 Å². The standard InChI is InChI=1S/C21H25ClN6S/c1-14-3-2-5-21(14)6-10-27(11-7-21)20-26-13-16(19-25-9-12-28(19)20)29-15-4-8-24-18(23)17(15)22/h4,8-9,12-14H,2-3,5-7,10-11H2,1H3,(H2,23,24)/t14-/m1/s1. The summed E-state index contributed by atoms with van der Waals surface area (Å²) in [5.41, 5.74) is 7.29. The number of hydrogen-bond donors (Lipinski definition) is 1. The lowest BCUT2D eigenvalue weighted by molar-refractivity contribution is 0.161. The maximum atomic E-state index is 6.33. The lowest BCUT2D eigenvalue weighted by atomic mass is 9.71. The van der Waals surface area contributed by atoms with Gasteiger partial charge in [-0.2, -0.15) is 0 Å². The molecule has 4 heterocycles. The number of halogens is 1. The third-order valence-corrected chi connectivity index (χ3v) is 8.45. The Morgan fingerprint density at radius 2 is 1.97 bits per heavy atom. The van der Waals surface area contributed by atoms with E-state index in [1.54, 1.807) is 6.20 Å². The number of anilines is 2. The molecule has 2 fully saturated rings. The maximum Gasteiger partial charge on any atom is 0.211 e. The van der Waals surface area contributed by atoms with Crippen LogP contribution in [0.4, 0.5) is 11.8 Å². The van der Waals surface area contributed by atoms with Crippen LogP contribution in [0.1, 0.15) is 39.0 Å². The van der Waals surface area contributed by atoms with Gasteiger partial charge in [0.25, 0.3) is 0 Å². The third kappa shape index (κ3) is 3.24. The summed E-state index contributed by atoms with van der Waals surface area (Å²) in [6.45, 7) is 4.56. The second-order valence-corrected chi connectivity index (χ2v) is 9.76. The number of nitrogen functional groups attached to an aromatic ring is 1. The second kappa shape index (κ2) is 7.36. The minimum absolute atomic E-state index is 0.337. The normalized spacial score (nSPS) is 21.3. The van der Waals surface area contributed by atoms with Crippen molar-refractivity contribution in [3.05, 3.63) is 35.9 Å². The van der Waals surface area contributed by atoms with Gasteiger partial charge >= 0.3 is 0 Å². The topological polar surface area (TPSA) is 72.3 Å². The molecule has 0 unspecified atom stereocenters. The number of aromatic nitrogens is 4. The number of rotatable bonds is 3. The fourth-order valence-electron chi connectivity index (χ4n) is 5.04. The molecule has 1 aliphatic carbocycles. The molecule has 1 aliphatic heterocycles. The number of piperidine rings is 1. The van der Waals surface area contributed by atoms with Gasteiger partial charge < -0.3 is 10.6 Å². The number of nitrogens with zero attached hydrogens (tertiary/aromatic N) is 5. The van der Waals surface area contributed by atoms with E-state index in [4.69, 9.17) is 22.3 Å². The highest BCUT2D eigenvalue weighted by Gasteiger charge is 2.42. The number of fused-ring (bicyclic) bond motifs is 1. The van der Waals surface area contributed by atoms with Crippen LogP contribution >= 0.6 is 23.4 Å². The van der Waals surface area contributed by atoms with Crippen molar-refractivity contribution in [1.29, 1.82) is 0 Å². The van der Waals surface area contributed by atoms with E-state index >= 15 is 0 Å². The highest BCUT2D eigenvalue weighted by atomic mass is 35.5. The van der Waals surface area contributed by atoms with Crippen molar-refractivity contribution in [3.8, 4) is 0 Å². The second-order valence-electron chi connectivity index (χ2n) is 8.30. The van der Waals surface area contributed by atoms with Crippen molar-refractivity contribution in [1.82, 2.24) is 19.4 Å². The van der Waals surface area contributed by atoms with Gasteiger partial charge in [0.05, 0.1) is 9.92 Å². The molecule has 0 aromatic carbocycles. The Morgan fingerprint density at radius 1 is 1.14 bits per heavy atom. The summed E-state index contributed by atoms with van der Waals surface area (Å²) in [6, 6.07) is 1.86. The van der Waals surface area contributed by atoms with Gasteiger partial charge in [0.2, 0.25) is 5.95 Å². The quantitative estimate of drug-likeness (QED) is 0.638. The van der Waals surface area contributed by atoms with Gasteiger partial charge in [-0.25, -0.2) is 15.0 Å². The van der Waals surface area contributed by atoms with E-state index < -0.39 is 0 Å². The summed E-state index contributed by atoms with van der Waals surface area (Å²) in [6.07, 6.45) is 14.1. The van der Waals surface area contributed by atoms with Crippen LogP contribution in [0.25, 0.3) is 5.65 Å². The largest absolute Gasteiger partial charge is 0.382 e. The molecule has 1 spiro atoms. The molecule has 5 rings (SSSR count). The first kappa shape index (κ1) is 19.0. The average Bonchev–Trinajstić information content (AvgIpc) is 3.35. The van der Waals surface area contributed by atoms with E-state index in [2.05, 4.69) is 26.2 Å². The van der Waals surface area contributed by atoms with Gasteiger partial charge in [0, 0.05) is 42.8 Å². The van der Waals surface area contributed by atoms with Crippen LogP contribution in [-0.2, 0) is 0 Å². The van der Waals surface area contributed by atoms with E-state index in [1.165, 1.54) is 43.9 Å². The summed E-state index contributed by atoms with van der Waals surface area (Å²) in [5, 5.41) is 0.471. The molecular formula is C21H25ClN6S. The Hall–Kier alpha value is -1.99. The van der Waals surface area contributed by atoms with Crippen LogP contribution in [0.3, 0.4) is 0 Å². The molecule has 3 aromatic heterocycles. The molecule has 0 amide bonds. The fourth-order valence-corrected chi connectivity index (χ4v) is 6.17. The van der Waals surface area contributed by atoms with E-state index in [-0.39, 0.29) is 0 Å². The zero-order valence-electron chi connectivity index (χ0n) is 16.5. The zero-order valence-corrected chi connectivity index (χ0v) is 18.1. The number of hydrogen-bond acceptors (Lipinski definition) is 6. The summed E-state index contributed by atoms with van der Waals surface area (Å²) < 4.78 is 2.09. The molecule has 1 saturated carbocycles. The van der Waals surface area contributed by atoms with Gasteiger partial charge in [-0.3, -0.25) is 4.40 Å². The SMILES string of the molecule is C[C@@H]1CCCC12CCN(c1ncc(Sc3ccnc(N)c3Cl)c3nccn13)CC2. The van der Waals surface area contributed by atoms with Crippen molar-refractivity contribution >= 4 is 40.8 Å². The molecule has 1 saturated heterocycles. The Bertz CT molecular complexity index is 1040. The maximum absolute atomic E-state index is 6.33. The first-order valence-electron chi connectivity index (χ1n) is 10.2. The fraction of sp³-hybridized carbons (Fsp3) is 0.476. The zero-order chi connectivity index (χ0) is 20.0. The Labute approximate surface area is 179 Å². The van der Waals surface area contributed by atoms with Gasteiger partial charge in [0.15, 0.2) is 5.65 Å². The van der Waals surface area contributed by atoms with Crippen LogP contribution in [-0.4, -0.2) is 32.4 Å². The van der Waals surface area contributed by atoms with Crippen molar-refractivity contribution in [2.24, 2.45) is 11.3 Å². The number of nitrogens with two attached hydrogens (primary N) is 1. The Morgan fingerprint density at radius 3 is 2.72 bits per heavy atom. The molecule has 8 heteroatoms. The molecule has 2 aliphatic rings. The smallest absolute Gasteiger partial charge is 0.211 e. The number of imidazole rings is 1. The van der Waals surface area contributed by atoms with E-state index in [1.807, 2.05) is 24.7 Å². The summed E-state index contributed by atoms with van der Waals surface area (Å²) in [4.78, 5) is 17.7. The van der Waals surface area contributed by atoms with Crippen LogP contribution < -0.4 is 10.6 Å². The minimum atomic E-state index is 0.337. The van der Waals surface area contributed by atoms with Crippen LogP contribution in [0, 0.1) is 11.3 Å². The Kier molecular flexibility index (Phi) is 4.82. The van der Waals surface area contributed by atoms with Gasteiger partial charge in [-0.05, 0) is 36.7 Å². The van der Waals surface area contributed by atoms with Gasteiger partial charge in [0.1, 0.15) is 5.82 Å². The predicted molar refractivity (Wildman–Crippen MR) is 118 cm³/mol. The molecule has 152 valence electrons. The van der Waals surface area contributed by atoms with E-state index in [0.29, 0.717) is 16.3 Å². The minimum Gasteiger partial charge on any atom is -0.382 e. The average molecular weight is 429 g/mol. The molecule has 3 aromatic rings. The summed E-state index contributed by atoms with van der Waals surface area (Å²) in [7, 11) is 0. The molecule has 6 nitrogen and oxygen atoms in total. The first-order chi connectivity index (χ1) is 14.1. The number of pyridine rings is 1. The van der Waals surface area contributed by atoms with Crippen LogP contribution in [0.2, 0.25) is 5.02 Å². The molecular weight excluding hydrogens is 404 g/mol. The van der Waals surface area contributed by atoms with Crippen molar-refractivity contribution in [2.45, 2.75) is 48.8 Å². The van der Waals surface area contributed by atoms with Crippen LogP contribution in [0.15, 0.2) is 40.6 Å². The Balaban J connectivity index is 1.42. The van der Waals surface area contributed by atoms with E-state index in [9.17, 15) is 0 Å². The van der Waals surface area contributed by atoms with Gasteiger partial charge in [-0.15, -0.1) is 0 Å². The van der Waals surface area contributed by atoms with Crippen molar-refractivity contribution in [3.63, 3.8) is 0 Å². The molecule has 29 heavy (non-hydrogen) atoms. The highest BCUT2D eigenvalue weighted by molar-refractivity contribution is 7.99. The molecule has 2 N–H and O–H groups in total. The third-order valence-electron chi connectivity index (χ3n) is 6.87. The summed E-state index contributed by atoms with van der Waals surface area (Å²) >= 11 is 7.85. The lowest BCUT2D eigenvalue weighted by Crippen LogP contribution is -2.42. The lowest BCUT2D eigenvalue weighted by Gasteiger charge is -2.42. The highest BCUT2D eigenvalue weighted by Crippen LogP contribution is 2.50. The van der Waals surface area contributed by atoms with Crippen molar-refractivity contribution in [2.75, 3.05) is 23.7 Å². The molecule has 0 bridgehead atoms. The molecule has 1 atom stereocenters. The van der Waals surface area contributed by atoms with Crippen molar-refractivity contribution < 1.29 is 0 Å². The van der Waals surface area contributed by atoms with Gasteiger partial charge in [-0.1, -0.05) is 43.1 Å². The van der Waals surface area contributed by atoms with Crippen LogP contribution in [0.5, 0.6) is 0 Å². The first-order valence-corrected chi connectivity index (χ1v) is 11.4. The predicted octanol–water partition coefficient (Wildman–Crippen LogP) is 4.92.